The number of hydrogen-bond acceptors (Lipinski definition) is 4. The van der Waals surface area contributed by atoms with Crippen LogP contribution in [0, 0.1) is 0 Å². The van der Waals surface area contributed by atoms with E-state index in [1.54, 1.807) is 36.4 Å². The molecule has 0 spiro atoms. The second kappa shape index (κ2) is 12.4. The van der Waals surface area contributed by atoms with Crippen LogP contribution >= 0.6 is 34.8 Å². The molecule has 1 N–H and O–H groups in total. The number of carbonyl (C=O) groups excluding carboxylic acids is 1. The second-order valence-electron chi connectivity index (χ2n) is 8.91. The fraction of sp³-hybridized carbons (Fsp3) is 0.179. The fourth-order valence-electron chi connectivity index (χ4n) is 4.17. The molecule has 1 aromatic heterocycles. The molecule has 4 aromatic rings. The highest BCUT2D eigenvalue weighted by molar-refractivity contribution is 6.36. The summed E-state index contributed by atoms with van der Waals surface area (Å²) in [6.45, 7) is -0.833. The zero-order valence-corrected chi connectivity index (χ0v) is 23.5. The lowest BCUT2D eigenvalue weighted by molar-refractivity contribution is -0.143. The molecule has 0 radical (unpaired) electrons. The summed E-state index contributed by atoms with van der Waals surface area (Å²) in [6, 6.07) is 16.6. The number of rotatable bonds is 9. The van der Waals surface area contributed by atoms with Crippen LogP contribution in [0.3, 0.4) is 0 Å². The molecule has 0 aliphatic rings. The molecule has 1 unspecified atom stereocenters. The largest absolute Gasteiger partial charge is 0.480 e. The van der Waals surface area contributed by atoms with Crippen molar-refractivity contribution in [2.75, 3.05) is 0 Å². The molecule has 0 saturated carbocycles. The number of carboxylic acids is 1. The quantitative estimate of drug-likeness (QED) is 0.208. The zero-order chi connectivity index (χ0) is 29.9. The van der Waals surface area contributed by atoms with Gasteiger partial charge in [0, 0.05) is 23.5 Å². The van der Waals surface area contributed by atoms with Crippen LogP contribution in [0.25, 0.3) is 0 Å². The van der Waals surface area contributed by atoms with E-state index in [0.29, 0.717) is 5.56 Å². The number of benzene rings is 3. The van der Waals surface area contributed by atoms with Gasteiger partial charge < -0.3 is 14.7 Å². The van der Waals surface area contributed by atoms with Gasteiger partial charge >= 0.3 is 12.1 Å². The summed E-state index contributed by atoms with van der Waals surface area (Å²) in [6.07, 6.45) is -5.17. The predicted octanol–water partition coefficient (Wildman–Crippen LogP) is 7.53. The minimum atomic E-state index is -4.96. The summed E-state index contributed by atoms with van der Waals surface area (Å²) in [5.74, 6) is -2.63. The van der Waals surface area contributed by atoms with Gasteiger partial charge in [-0.3, -0.25) is 4.79 Å². The van der Waals surface area contributed by atoms with Gasteiger partial charge in [0.1, 0.15) is 11.8 Å². The number of hydrogen-bond donors (Lipinski definition) is 1. The van der Waals surface area contributed by atoms with Gasteiger partial charge in [0.2, 0.25) is 5.88 Å². The SMILES string of the molecule is Cn1nc(C(F)(F)F)c(CN(C(=O)c2ccc(Cl)cc2Cl)C(Cc2ccccc2)C(=O)O)c1Oc1cccc(Cl)c1. The van der Waals surface area contributed by atoms with E-state index in [-0.39, 0.29) is 38.7 Å². The first kappa shape index (κ1) is 30.2. The Morgan fingerprint density at radius 2 is 1.68 bits per heavy atom. The maximum Gasteiger partial charge on any atom is 0.435 e. The van der Waals surface area contributed by atoms with Crippen molar-refractivity contribution in [2.45, 2.75) is 25.2 Å². The van der Waals surface area contributed by atoms with Gasteiger partial charge in [-0.05, 0) is 42.0 Å². The molecule has 0 aliphatic heterocycles. The maximum absolute atomic E-state index is 14.2. The number of ether oxygens (including phenoxy) is 1. The third kappa shape index (κ3) is 7.13. The van der Waals surface area contributed by atoms with Crippen molar-refractivity contribution in [3.8, 4) is 11.6 Å². The molecule has 0 bridgehead atoms. The lowest BCUT2D eigenvalue weighted by atomic mass is 10.0. The molecule has 1 amide bonds. The van der Waals surface area contributed by atoms with Crippen molar-refractivity contribution < 1.29 is 32.6 Å². The molecule has 41 heavy (non-hydrogen) atoms. The van der Waals surface area contributed by atoms with E-state index in [1.165, 1.54) is 43.4 Å². The first-order valence-corrected chi connectivity index (χ1v) is 13.1. The molecule has 7 nitrogen and oxygen atoms in total. The Bertz CT molecular complexity index is 1580. The van der Waals surface area contributed by atoms with Gasteiger partial charge in [0.25, 0.3) is 5.91 Å². The molecule has 3 aromatic carbocycles. The van der Waals surface area contributed by atoms with E-state index in [2.05, 4.69) is 5.10 Å². The highest BCUT2D eigenvalue weighted by Gasteiger charge is 2.42. The van der Waals surface area contributed by atoms with Crippen LogP contribution in [0.4, 0.5) is 13.2 Å². The third-order valence-electron chi connectivity index (χ3n) is 6.05. The van der Waals surface area contributed by atoms with Gasteiger partial charge in [-0.2, -0.15) is 18.3 Å². The fourth-order valence-corrected chi connectivity index (χ4v) is 4.84. The number of aryl methyl sites for hydroxylation is 1. The zero-order valence-electron chi connectivity index (χ0n) is 21.2. The van der Waals surface area contributed by atoms with Crippen LogP contribution in [0.1, 0.15) is 27.2 Å². The Morgan fingerprint density at radius 3 is 2.29 bits per heavy atom. The number of amides is 1. The van der Waals surface area contributed by atoms with Crippen LogP contribution in [-0.2, 0) is 31.0 Å². The minimum absolute atomic E-state index is 0.103. The smallest absolute Gasteiger partial charge is 0.435 e. The van der Waals surface area contributed by atoms with E-state index >= 15 is 0 Å². The molecule has 0 aliphatic carbocycles. The standard InChI is InChI=1S/C28H21Cl3F3N3O4/c1-36-26(41-19-9-5-8-17(29)13-19)21(24(35-36)28(32,33)34)15-37(25(38)20-11-10-18(30)14-22(20)31)23(27(39)40)12-16-6-3-2-4-7-16/h2-11,13-14,23H,12,15H2,1H3,(H,39,40). The second-order valence-corrected chi connectivity index (χ2v) is 10.2. The average molecular weight is 627 g/mol. The molecule has 0 fully saturated rings. The lowest BCUT2D eigenvalue weighted by Crippen LogP contribution is -2.46. The predicted molar refractivity (Wildman–Crippen MR) is 148 cm³/mol. The van der Waals surface area contributed by atoms with Crippen LogP contribution in [0.15, 0.2) is 72.8 Å². The highest BCUT2D eigenvalue weighted by atomic mass is 35.5. The van der Waals surface area contributed by atoms with Crippen molar-refractivity contribution in [3.63, 3.8) is 0 Å². The van der Waals surface area contributed by atoms with Crippen molar-refractivity contribution in [1.82, 2.24) is 14.7 Å². The summed E-state index contributed by atoms with van der Waals surface area (Å²) in [5, 5.41) is 14.2. The van der Waals surface area contributed by atoms with Gasteiger partial charge in [-0.15, -0.1) is 0 Å². The first-order valence-electron chi connectivity index (χ1n) is 11.9. The monoisotopic (exact) mass is 625 g/mol. The Balaban J connectivity index is 1.87. The van der Waals surface area contributed by atoms with Crippen molar-refractivity contribution in [3.05, 3.63) is 110 Å². The normalized spacial score (nSPS) is 12.2. The summed E-state index contributed by atoms with van der Waals surface area (Å²) >= 11 is 18.3. The van der Waals surface area contributed by atoms with Crippen molar-refractivity contribution in [2.24, 2.45) is 7.05 Å². The Kier molecular flexibility index (Phi) is 9.16. The van der Waals surface area contributed by atoms with E-state index in [0.717, 1.165) is 9.58 Å². The summed E-state index contributed by atoms with van der Waals surface area (Å²) < 4.78 is 49.3. The van der Waals surface area contributed by atoms with E-state index in [1.807, 2.05) is 0 Å². The van der Waals surface area contributed by atoms with Gasteiger partial charge in [0.05, 0.1) is 22.7 Å². The molecule has 4 rings (SSSR count). The number of aliphatic carboxylic acids is 1. The lowest BCUT2D eigenvalue weighted by Gasteiger charge is -2.30. The number of aromatic nitrogens is 2. The molecule has 13 heteroatoms. The Morgan fingerprint density at radius 1 is 1.00 bits per heavy atom. The van der Waals surface area contributed by atoms with Gasteiger partial charge in [-0.25, -0.2) is 9.48 Å². The molecule has 0 saturated heterocycles. The maximum atomic E-state index is 14.2. The van der Waals surface area contributed by atoms with Crippen molar-refractivity contribution >= 4 is 46.7 Å². The van der Waals surface area contributed by atoms with E-state index in [4.69, 9.17) is 39.5 Å². The van der Waals surface area contributed by atoms with Crippen LogP contribution in [0.5, 0.6) is 11.6 Å². The van der Waals surface area contributed by atoms with Crippen LogP contribution in [0.2, 0.25) is 15.1 Å². The number of alkyl halides is 3. The molecular formula is C28H21Cl3F3N3O4. The average Bonchev–Trinajstić information content (AvgIpc) is 3.21. The van der Waals surface area contributed by atoms with Crippen LogP contribution < -0.4 is 4.74 Å². The Hall–Kier alpha value is -3.73. The topological polar surface area (TPSA) is 84.7 Å². The van der Waals surface area contributed by atoms with E-state index < -0.39 is 41.9 Å². The van der Waals surface area contributed by atoms with Gasteiger partial charge in [0.15, 0.2) is 5.69 Å². The first-order chi connectivity index (χ1) is 19.3. The third-order valence-corrected chi connectivity index (χ3v) is 6.83. The number of carbonyl (C=O) groups is 2. The number of carboxylic acid groups (broad SMARTS) is 1. The summed E-state index contributed by atoms with van der Waals surface area (Å²) in [4.78, 5) is 27.2. The van der Waals surface area contributed by atoms with E-state index in [9.17, 15) is 27.9 Å². The number of halogens is 6. The Labute approximate surface area is 247 Å². The summed E-state index contributed by atoms with van der Waals surface area (Å²) in [5.41, 5.74) is -1.51. The molecule has 1 atom stereocenters. The molecule has 214 valence electrons. The highest BCUT2D eigenvalue weighted by Crippen LogP contribution is 2.39. The van der Waals surface area contributed by atoms with Crippen LogP contribution in [-0.4, -0.2) is 37.7 Å². The van der Waals surface area contributed by atoms with Gasteiger partial charge in [-0.1, -0.05) is 71.2 Å². The van der Waals surface area contributed by atoms with Crippen molar-refractivity contribution in [1.29, 1.82) is 0 Å². The number of nitrogens with zero attached hydrogens (tertiary/aromatic N) is 3. The molecular weight excluding hydrogens is 606 g/mol. The minimum Gasteiger partial charge on any atom is -0.480 e. The molecule has 1 heterocycles. The summed E-state index contributed by atoms with van der Waals surface area (Å²) in [7, 11) is 1.24.